The van der Waals surface area contributed by atoms with Gasteiger partial charge < -0.3 is 10.8 Å². The third-order valence-electron chi connectivity index (χ3n) is 3.02. The van der Waals surface area contributed by atoms with E-state index < -0.39 is 23.4 Å². The maximum Gasteiger partial charge on any atom is 0.416 e. The Morgan fingerprint density at radius 1 is 1.35 bits per heavy atom. The third-order valence-corrected chi connectivity index (χ3v) is 3.33. The van der Waals surface area contributed by atoms with E-state index in [0.29, 0.717) is 0 Å². The number of aliphatic hydroxyl groups is 1. The predicted molar refractivity (Wildman–Crippen MR) is 57.6 cm³/mol. The van der Waals surface area contributed by atoms with Crippen molar-refractivity contribution in [1.82, 2.24) is 0 Å². The molecule has 0 amide bonds. The second-order valence-corrected chi connectivity index (χ2v) is 4.79. The highest BCUT2D eigenvalue weighted by molar-refractivity contribution is 6.31. The minimum absolute atomic E-state index is 0.00535. The fourth-order valence-electron chi connectivity index (χ4n) is 2.25. The summed E-state index contributed by atoms with van der Waals surface area (Å²) >= 11 is 5.82. The molecule has 1 aliphatic rings. The molecule has 0 heterocycles. The van der Waals surface area contributed by atoms with Crippen LogP contribution in [0.1, 0.15) is 24.0 Å². The van der Waals surface area contributed by atoms with Crippen molar-refractivity contribution in [2.75, 3.05) is 0 Å². The molecular formula is C11H11ClF3NO. The lowest BCUT2D eigenvalue weighted by molar-refractivity contribution is -0.139. The first-order valence-electron chi connectivity index (χ1n) is 5.07. The van der Waals surface area contributed by atoms with Crippen molar-refractivity contribution >= 4 is 11.6 Å². The van der Waals surface area contributed by atoms with Gasteiger partial charge in [0, 0.05) is 16.1 Å². The minimum Gasteiger partial charge on any atom is -0.393 e. The maximum absolute atomic E-state index is 12.8. The number of halogens is 4. The maximum atomic E-state index is 12.8. The standard InChI is InChI=1S/C11H11ClF3NO/c12-8-3-1-2-7(11(13,14)15)9(8)10(16)4-6(17)5-10/h1-3,6,17H,4-5,16H2. The molecule has 0 spiro atoms. The average molecular weight is 266 g/mol. The molecule has 3 N–H and O–H groups in total. The quantitative estimate of drug-likeness (QED) is 0.820. The molecule has 0 bridgehead atoms. The van der Waals surface area contributed by atoms with Crippen LogP contribution in [0.25, 0.3) is 0 Å². The first-order chi connectivity index (χ1) is 7.74. The molecule has 1 aromatic rings. The molecule has 1 fully saturated rings. The average Bonchev–Trinajstić information content (AvgIpc) is 2.13. The second kappa shape index (κ2) is 3.86. The largest absolute Gasteiger partial charge is 0.416 e. The molecule has 0 unspecified atom stereocenters. The van der Waals surface area contributed by atoms with Gasteiger partial charge in [-0.25, -0.2) is 0 Å². The Hall–Kier alpha value is -0.780. The van der Waals surface area contributed by atoms with E-state index in [1.807, 2.05) is 0 Å². The molecule has 1 aromatic carbocycles. The van der Waals surface area contributed by atoms with Gasteiger partial charge >= 0.3 is 6.18 Å². The van der Waals surface area contributed by atoms with Crippen LogP contribution < -0.4 is 5.73 Å². The highest BCUT2D eigenvalue weighted by Crippen LogP contribution is 2.47. The van der Waals surface area contributed by atoms with Crippen LogP contribution >= 0.6 is 11.6 Å². The topological polar surface area (TPSA) is 46.2 Å². The molecule has 0 atom stereocenters. The van der Waals surface area contributed by atoms with Crippen molar-refractivity contribution < 1.29 is 18.3 Å². The molecule has 0 aliphatic heterocycles. The molecule has 0 radical (unpaired) electrons. The van der Waals surface area contributed by atoms with Gasteiger partial charge in [-0.15, -0.1) is 0 Å². The van der Waals surface area contributed by atoms with E-state index >= 15 is 0 Å². The number of alkyl halides is 3. The van der Waals surface area contributed by atoms with Gasteiger partial charge in [0.25, 0.3) is 0 Å². The SMILES string of the molecule is NC1(c2c(Cl)cccc2C(F)(F)F)CC(O)C1. The van der Waals surface area contributed by atoms with Crippen LogP contribution in [-0.4, -0.2) is 11.2 Å². The molecule has 2 nitrogen and oxygen atoms in total. The Bertz CT molecular complexity index is 441. The highest BCUT2D eigenvalue weighted by atomic mass is 35.5. The summed E-state index contributed by atoms with van der Waals surface area (Å²) in [6, 6.07) is 3.58. The Kier molecular flexibility index (Phi) is 2.88. The Morgan fingerprint density at radius 3 is 2.41 bits per heavy atom. The van der Waals surface area contributed by atoms with Crippen molar-refractivity contribution in [3.05, 3.63) is 34.3 Å². The first kappa shape index (κ1) is 12.7. The lowest BCUT2D eigenvalue weighted by Crippen LogP contribution is -2.52. The van der Waals surface area contributed by atoms with Gasteiger partial charge in [-0.05, 0) is 25.0 Å². The zero-order valence-corrected chi connectivity index (χ0v) is 9.52. The van der Waals surface area contributed by atoms with Crippen LogP contribution in [-0.2, 0) is 11.7 Å². The molecule has 2 rings (SSSR count). The first-order valence-corrected chi connectivity index (χ1v) is 5.45. The minimum atomic E-state index is -4.49. The number of hydrogen-bond acceptors (Lipinski definition) is 2. The van der Waals surface area contributed by atoms with Crippen LogP contribution in [0.5, 0.6) is 0 Å². The molecule has 1 saturated carbocycles. The van der Waals surface area contributed by atoms with Gasteiger partial charge in [-0.1, -0.05) is 17.7 Å². The van der Waals surface area contributed by atoms with Crippen LogP contribution in [0.15, 0.2) is 18.2 Å². The summed E-state index contributed by atoms with van der Waals surface area (Å²) in [6.45, 7) is 0. The molecule has 17 heavy (non-hydrogen) atoms. The fourth-order valence-corrected chi connectivity index (χ4v) is 2.61. The zero-order valence-electron chi connectivity index (χ0n) is 8.76. The highest BCUT2D eigenvalue weighted by Gasteiger charge is 2.47. The monoisotopic (exact) mass is 265 g/mol. The molecule has 0 saturated heterocycles. The van der Waals surface area contributed by atoms with E-state index in [-0.39, 0.29) is 23.4 Å². The number of nitrogens with two attached hydrogens (primary N) is 1. The van der Waals surface area contributed by atoms with Crippen molar-refractivity contribution in [1.29, 1.82) is 0 Å². The summed E-state index contributed by atoms with van der Waals surface area (Å²) in [7, 11) is 0. The number of benzene rings is 1. The third kappa shape index (κ3) is 2.14. The normalized spacial score (nSPS) is 28.9. The van der Waals surface area contributed by atoms with Crippen LogP contribution in [0, 0.1) is 0 Å². The summed E-state index contributed by atoms with van der Waals surface area (Å²) in [4.78, 5) is 0. The fraction of sp³-hybridized carbons (Fsp3) is 0.455. The summed E-state index contributed by atoms with van der Waals surface area (Å²) in [5.41, 5.74) is 3.76. The van der Waals surface area contributed by atoms with Crippen LogP contribution in [0.4, 0.5) is 13.2 Å². The van der Waals surface area contributed by atoms with E-state index in [2.05, 4.69) is 0 Å². The van der Waals surface area contributed by atoms with E-state index in [4.69, 9.17) is 17.3 Å². The Labute approximate surface area is 101 Å². The van der Waals surface area contributed by atoms with E-state index in [9.17, 15) is 18.3 Å². The molecular weight excluding hydrogens is 255 g/mol. The molecule has 6 heteroatoms. The smallest absolute Gasteiger partial charge is 0.393 e. The van der Waals surface area contributed by atoms with Gasteiger partial charge in [0.1, 0.15) is 0 Å². The van der Waals surface area contributed by atoms with Gasteiger partial charge in [0.05, 0.1) is 11.7 Å². The summed E-state index contributed by atoms with van der Waals surface area (Å²) in [5, 5.41) is 9.22. The van der Waals surface area contributed by atoms with E-state index in [0.717, 1.165) is 6.07 Å². The molecule has 1 aliphatic carbocycles. The van der Waals surface area contributed by atoms with Crippen molar-refractivity contribution in [2.45, 2.75) is 30.7 Å². The predicted octanol–water partition coefficient (Wildman–Crippen LogP) is 2.67. The molecule has 94 valence electrons. The second-order valence-electron chi connectivity index (χ2n) is 4.38. The summed E-state index contributed by atoms with van der Waals surface area (Å²) < 4.78 is 38.5. The summed E-state index contributed by atoms with van der Waals surface area (Å²) in [6.07, 6.45) is -4.95. The van der Waals surface area contributed by atoms with Crippen LogP contribution in [0.2, 0.25) is 5.02 Å². The van der Waals surface area contributed by atoms with Crippen molar-refractivity contribution in [2.24, 2.45) is 5.73 Å². The van der Waals surface area contributed by atoms with Crippen molar-refractivity contribution in [3.63, 3.8) is 0 Å². The lowest BCUT2D eigenvalue weighted by atomic mass is 9.69. The number of hydrogen-bond donors (Lipinski definition) is 2. The molecule has 0 aromatic heterocycles. The van der Waals surface area contributed by atoms with Crippen LogP contribution in [0.3, 0.4) is 0 Å². The van der Waals surface area contributed by atoms with Crippen molar-refractivity contribution in [3.8, 4) is 0 Å². The van der Waals surface area contributed by atoms with Gasteiger partial charge in [0.15, 0.2) is 0 Å². The van der Waals surface area contributed by atoms with E-state index in [1.54, 1.807) is 0 Å². The summed E-state index contributed by atoms with van der Waals surface area (Å²) in [5.74, 6) is 0. The van der Waals surface area contributed by atoms with Gasteiger partial charge in [-0.2, -0.15) is 13.2 Å². The van der Waals surface area contributed by atoms with E-state index in [1.165, 1.54) is 12.1 Å². The van der Waals surface area contributed by atoms with Gasteiger partial charge in [-0.3, -0.25) is 0 Å². The Balaban J connectivity index is 2.53. The number of rotatable bonds is 1. The Morgan fingerprint density at radius 2 is 1.94 bits per heavy atom. The number of aliphatic hydroxyl groups excluding tert-OH is 1. The van der Waals surface area contributed by atoms with Gasteiger partial charge in [0.2, 0.25) is 0 Å². The zero-order chi connectivity index (χ0) is 12.8. The lowest BCUT2D eigenvalue weighted by Gasteiger charge is -2.44.